The van der Waals surface area contributed by atoms with Crippen molar-refractivity contribution in [1.29, 1.82) is 0 Å². The van der Waals surface area contributed by atoms with E-state index in [0.717, 1.165) is 0 Å². The molecule has 4 amide bonds. The first-order valence-corrected chi connectivity index (χ1v) is 8.68. The molecule has 2 aliphatic heterocycles. The van der Waals surface area contributed by atoms with Crippen molar-refractivity contribution in [3.05, 3.63) is 0 Å². The molecule has 6 nitrogen and oxygen atoms in total. The number of rotatable bonds is 2. The summed E-state index contributed by atoms with van der Waals surface area (Å²) in [4.78, 5) is 50.0. The van der Waals surface area contributed by atoms with Crippen molar-refractivity contribution in [2.24, 2.45) is 23.7 Å². The molecule has 1 saturated carbocycles. The molecule has 1 aliphatic carbocycles. The molecule has 0 radical (unpaired) electrons. The number of nitrogens with zero attached hydrogens (tertiary/aromatic N) is 2. The number of imide groups is 2. The zero-order chi connectivity index (χ0) is 14.1. The van der Waals surface area contributed by atoms with Gasteiger partial charge in [-0.15, -0.1) is 0 Å². The Bertz CT molecular complexity index is 478. The van der Waals surface area contributed by atoms with E-state index in [-0.39, 0.29) is 29.7 Å². The van der Waals surface area contributed by atoms with Crippen LogP contribution in [0.3, 0.4) is 0 Å². The SMILES string of the molecule is [CH3][AlH][N]1C(=O)C2C(C1=O)C1C(=O)N(C(C)C)C(=O)C21. The molecule has 3 rings (SSSR count). The molecular formula is C12H15AlN2O4. The highest BCUT2D eigenvalue weighted by molar-refractivity contribution is 6.43. The van der Waals surface area contributed by atoms with Crippen molar-refractivity contribution >= 4 is 39.1 Å². The minimum absolute atomic E-state index is 0.215. The number of hydrogen-bond acceptors (Lipinski definition) is 4. The number of likely N-dealkylation sites (tertiary alicyclic amines) is 1. The maximum Gasteiger partial charge on any atom is 0.400 e. The first-order chi connectivity index (χ1) is 8.91. The number of carbonyl (C=O) groups excluding carboxylic acids is 4. The fourth-order valence-corrected chi connectivity index (χ4v) is 4.74. The molecule has 2 heterocycles. The van der Waals surface area contributed by atoms with Crippen LogP contribution in [0.1, 0.15) is 13.8 Å². The van der Waals surface area contributed by atoms with Crippen LogP contribution in [0, 0.1) is 23.7 Å². The highest BCUT2D eigenvalue weighted by Gasteiger charge is 2.72. The van der Waals surface area contributed by atoms with Crippen LogP contribution >= 0.6 is 0 Å². The van der Waals surface area contributed by atoms with Gasteiger partial charge in [0, 0.05) is 6.04 Å². The van der Waals surface area contributed by atoms with Crippen molar-refractivity contribution in [2.45, 2.75) is 25.7 Å². The van der Waals surface area contributed by atoms with E-state index in [2.05, 4.69) is 0 Å². The number of fused-ring (bicyclic) bond motifs is 4. The lowest BCUT2D eigenvalue weighted by Crippen LogP contribution is -2.50. The maximum absolute atomic E-state index is 12.2. The van der Waals surface area contributed by atoms with Gasteiger partial charge in [-0.1, -0.05) is 5.79 Å². The number of hydrogen-bond donors (Lipinski definition) is 0. The molecule has 100 valence electrons. The van der Waals surface area contributed by atoms with Gasteiger partial charge in [-0.2, -0.15) is 0 Å². The van der Waals surface area contributed by atoms with Gasteiger partial charge in [-0.05, 0) is 13.8 Å². The Morgan fingerprint density at radius 2 is 1.21 bits per heavy atom. The summed E-state index contributed by atoms with van der Waals surface area (Å²) in [6.07, 6.45) is 0. The van der Waals surface area contributed by atoms with Gasteiger partial charge in [0.1, 0.15) is 0 Å². The zero-order valence-electron chi connectivity index (χ0n) is 11.1. The number of carbonyl (C=O) groups is 4. The minimum Gasteiger partial charge on any atom is -0.381 e. The summed E-state index contributed by atoms with van der Waals surface area (Å²) in [5.74, 6) is -1.42. The molecule has 0 bridgehead atoms. The molecule has 4 atom stereocenters. The van der Waals surface area contributed by atoms with Crippen LogP contribution < -0.4 is 0 Å². The summed E-state index contributed by atoms with van der Waals surface area (Å²) in [6.45, 7) is 3.54. The Morgan fingerprint density at radius 1 is 0.842 bits per heavy atom. The molecular weight excluding hydrogens is 263 g/mol. The zero-order valence-corrected chi connectivity index (χ0v) is 12.5. The van der Waals surface area contributed by atoms with Gasteiger partial charge in [0.25, 0.3) is 0 Å². The maximum atomic E-state index is 12.2. The van der Waals surface area contributed by atoms with Gasteiger partial charge in [0.05, 0.1) is 23.7 Å². The van der Waals surface area contributed by atoms with Gasteiger partial charge >= 0.3 is 15.4 Å². The molecule has 0 N–H and O–H groups in total. The van der Waals surface area contributed by atoms with E-state index in [4.69, 9.17) is 0 Å². The van der Waals surface area contributed by atoms with Crippen LogP contribution in [0.5, 0.6) is 0 Å². The summed E-state index contributed by atoms with van der Waals surface area (Å²) in [6, 6.07) is -0.215. The molecule has 3 fully saturated rings. The van der Waals surface area contributed by atoms with Crippen LogP contribution in [0.4, 0.5) is 0 Å². The quantitative estimate of drug-likeness (QED) is 0.480. The highest BCUT2D eigenvalue weighted by Crippen LogP contribution is 2.56. The third-order valence-electron chi connectivity index (χ3n) is 4.53. The molecule has 0 aromatic rings. The van der Waals surface area contributed by atoms with Gasteiger partial charge in [-0.25, -0.2) is 0 Å². The van der Waals surface area contributed by atoms with E-state index in [9.17, 15) is 19.2 Å². The van der Waals surface area contributed by atoms with E-state index in [1.165, 1.54) is 8.78 Å². The smallest absolute Gasteiger partial charge is 0.381 e. The van der Waals surface area contributed by atoms with Crippen molar-refractivity contribution in [3.63, 3.8) is 0 Å². The van der Waals surface area contributed by atoms with E-state index >= 15 is 0 Å². The Kier molecular flexibility index (Phi) is 2.64. The summed E-state index contributed by atoms with van der Waals surface area (Å²) in [7, 11) is 0. The average Bonchev–Trinajstić information content (AvgIpc) is 2.58. The first-order valence-electron chi connectivity index (χ1n) is 6.64. The molecule has 0 aromatic carbocycles. The molecule has 7 heteroatoms. The van der Waals surface area contributed by atoms with Crippen molar-refractivity contribution in [1.82, 2.24) is 8.78 Å². The van der Waals surface area contributed by atoms with E-state index in [0.29, 0.717) is 0 Å². The lowest BCUT2D eigenvalue weighted by molar-refractivity contribution is -0.146. The van der Waals surface area contributed by atoms with Crippen LogP contribution in [0.25, 0.3) is 0 Å². The Morgan fingerprint density at radius 3 is 1.53 bits per heavy atom. The second-order valence-electron chi connectivity index (χ2n) is 5.66. The lowest BCUT2D eigenvalue weighted by Gasteiger charge is -2.36. The fourth-order valence-electron chi connectivity index (χ4n) is 3.70. The Hall–Kier alpha value is -1.19. The van der Waals surface area contributed by atoms with Crippen molar-refractivity contribution in [2.75, 3.05) is 0 Å². The summed E-state index contributed by atoms with van der Waals surface area (Å²) in [5, 5.41) is 0. The summed E-state index contributed by atoms with van der Waals surface area (Å²) < 4.78 is 1.31. The van der Waals surface area contributed by atoms with Crippen LogP contribution in [-0.2, 0) is 19.2 Å². The van der Waals surface area contributed by atoms with Gasteiger partial charge in [-0.3, -0.25) is 24.1 Å². The minimum atomic E-state index is -0.921. The van der Waals surface area contributed by atoms with Gasteiger partial charge < -0.3 is 3.88 Å². The lowest BCUT2D eigenvalue weighted by atomic mass is 9.59. The Labute approximate surface area is 117 Å². The standard InChI is InChI=1S/C11H12N2O4.CH3.Al.H/c1-3(2)13-10(16)6-4-5(7(6)11(13)17)9(15)12-8(4)14;;;/h3-7H,1-2H3,(H,12,14,15);1H3;;/q;;+1;/p-1. The number of amides is 4. The van der Waals surface area contributed by atoms with Crippen LogP contribution in [-0.4, -0.2) is 53.9 Å². The van der Waals surface area contributed by atoms with Crippen molar-refractivity contribution in [3.8, 4) is 0 Å². The second kappa shape index (κ2) is 3.90. The average molecular weight is 278 g/mol. The third-order valence-corrected chi connectivity index (χ3v) is 5.78. The molecule has 4 unspecified atom stereocenters. The van der Waals surface area contributed by atoms with E-state index in [1.54, 1.807) is 13.8 Å². The molecule has 2 saturated heterocycles. The fraction of sp³-hybridized carbons (Fsp3) is 0.667. The topological polar surface area (TPSA) is 74.8 Å². The van der Waals surface area contributed by atoms with E-state index < -0.39 is 39.1 Å². The van der Waals surface area contributed by atoms with Crippen molar-refractivity contribution < 1.29 is 19.2 Å². The Balaban J connectivity index is 1.97. The van der Waals surface area contributed by atoms with Crippen LogP contribution in [0.15, 0.2) is 0 Å². The van der Waals surface area contributed by atoms with Gasteiger partial charge in [0.15, 0.2) is 0 Å². The first kappa shape index (κ1) is 12.8. The van der Waals surface area contributed by atoms with E-state index in [1.807, 2.05) is 5.79 Å². The summed E-state index contributed by atoms with van der Waals surface area (Å²) in [5.41, 5.74) is 0. The third kappa shape index (κ3) is 1.32. The molecule has 3 aliphatic rings. The largest absolute Gasteiger partial charge is 0.400 e. The predicted octanol–water partition coefficient (Wildman–Crippen LogP) is -0.990. The summed E-state index contributed by atoms with van der Waals surface area (Å²) >= 11 is -0.921. The molecule has 19 heavy (non-hydrogen) atoms. The normalized spacial score (nSPS) is 36.8. The monoisotopic (exact) mass is 278 g/mol. The predicted molar refractivity (Wildman–Crippen MR) is 65.8 cm³/mol. The second-order valence-corrected chi connectivity index (χ2v) is 6.93. The van der Waals surface area contributed by atoms with Crippen LogP contribution in [0.2, 0.25) is 5.79 Å². The molecule has 0 spiro atoms. The highest BCUT2D eigenvalue weighted by atomic mass is 27.1. The van der Waals surface area contributed by atoms with Gasteiger partial charge in [0.2, 0.25) is 23.6 Å². The molecule has 0 aromatic heterocycles.